The van der Waals surface area contributed by atoms with Gasteiger partial charge in [0.05, 0.1) is 4.90 Å². The van der Waals surface area contributed by atoms with Gasteiger partial charge in [0.1, 0.15) is 5.75 Å². The standard InChI is InChI=1S/C13H11NO5S/c15-13(18-11-7-3-1-4-8-11)14-19-20(16,17)12-9-5-2-6-10-12/h1-10H,(H,14,15). The summed E-state index contributed by atoms with van der Waals surface area (Å²) >= 11 is 0. The van der Waals surface area contributed by atoms with E-state index < -0.39 is 16.2 Å². The summed E-state index contributed by atoms with van der Waals surface area (Å²) in [5, 5.41) is 0. The molecule has 0 radical (unpaired) electrons. The molecule has 0 heterocycles. The van der Waals surface area contributed by atoms with Gasteiger partial charge in [0.15, 0.2) is 0 Å². The molecule has 0 bridgehead atoms. The van der Waals surface area contributed by atoms with Crippen LogP contribution in [0.2, 0.25) is 0 Å². The highest BCUT2D eigenvalue weighted by molar-refractivity contribution is 7.86. The van der Waals surface area contributed by atoms with Crippen LogP contribution < -0.4 is 10.2 Å². The van der Waals surface area contributed by atoms with Crippen molar-refractivity contribution in [2.75, 3.05) is 0 Å². The van der Waals surface area contributed by atoms with Crippen molar-refractivity contribution >= 4 is 16.2 Å². The third kappa shape index (κ3) is 3.81. The Morgan fingerprint density at radius 1 is 0.900 bits per heavy atom. The van der Waals surface area contributed by atoms with Crippen LogP contribution in [0.15, 0.2) is 65.6 Å². The normalized spacial score (nSPS) is 10.8. The molecule has 0 spiro atoms. The van der Waals surface area contributed by atoms with Gasteiger partial charge in [-0.3, -0.25) is 0 Å². The Morgan fingerprint density at radius 3 is 2.05 bits per heavy atom. The van der Waals surface area contributed by atoms with E-state index in [0.717, 1.165) is 0 Å². The summed E-state index contributed by atoms with van der Waals surface area (Å²) in [4.78, 5) is 11.3. The van der Waals surface area contributed by atoms with Gasteiger partial charge in [-0.2, -0.15) is 13.9 Å². The fourth-order valence-corrected chi connectivity index (χ4v) is 2.10. The summed E-state index contributed by atoms with van der Waals surface area (Å²) in [5.41, 5.74) is 1.72. The summed E-state index contributed by atoms with van der Waals surface area (Å²) in [6, 6.07) is 15.6. The third-order valence-corrected chi connectivity index (χ3v) is 3.37. The number of hydrogen-bond acceptors (Lipinski definition) is 5. The first kappa shape index (κ1) is 14.0. The van der Waals surface area contributed by atoms with E-state index in [9.17, 15) is 13.2 Å². The van der Waals surface area contributed by atoms with Gasteiger partial charge in [-0.1, -0.05) is 36.4 Å². The maximum absolute atomic E-state index is 11.7. The van der Waals surface area contributed by atoms with Crippen molar-refractivity contribution in [2.24, 2.45) is 0 Å². The molecular weight excluding hydrogens is 282 g/mol. The number of ether oxygens (including phenoxy) is 1. The third-order valence-electron chi connectivity index (χ3n) is 2.22. The monoisotopic (exact) mass is 293 g/mol. The smallest absolute Gasteiger partial charge is 0.409 e. The summed E-state index contributed by atoms with van der Waals surface area (Å²) in [7, 11) is -4.06. The van der Waals surface area contributed by atoms with Crippen molar-refractivity contribution in [3.63, 3.8) is 0 Å². The second kappa shape index (κ2) is 6.18. The molecule has 7 heteroatoms. The van der Waals surface area contributed by atoms with Crippen molar-refractivity contribution in [3.8, 4) is 5.75 Å². The van der Waals surface area contributed by atoms with Gasteiger partial charge in [0.25, 0.3) is 0 Å². The molecule has 1 amide bonds. The van der Waals surface area contributed by atoms with Gasteiger partial charge < -0.3 is 4.74 Å². The Labute approximate surface area is 116 Å². The lowest BCUT2D eigenvalue weighted by atomic mass is 10.3. The van der Waals surface area contributed by atoms with Crippen LogP contribution >= 0.6 is 0 Å². The maximum Gasteiger partial charge on any atom is 0.437 e. The van der Waals surface area contributed by atoms with Crippen molar-refractivity contribution in [3.05, 3.63) is 60.7 Å². The number of carbonyl (C=O) groups is 1. The minimum absolute atomic E-state index is 0.0694. The zero-order chi connectivity index (χ0) is 14.4. The summed E-state index contributed by atoms with van der Waals surface area (Å²) in [6.45, 7) is 0. The predicted octanol–water partition coefficient (Wildman–Crippen LogP) is 2.10. The second-order valence-electron chi connectivity index (χ2n) is 3.66. The molecule has 0 aliphatic rings. The van der Waals surface area contributed by atoms with Gasteiger partial charge in [-0.15, -0.1) is 4.28 Å². The molecule has 20 heavy (non-hydrogen) atoms. The zero-order valence-electron chi connectivity index (χ0n) is 10.2. The van der Waals surface area contributed by atoms with Crippen molar-refractivity contribution in [2.45, 2.75) is 4.90 Å². The molecule has 0 atom stereocenters. The van der Waals surface area contributed by atoms with Crippen LogP contribution in [0.3, 0.4) is 0 Å². The van der Waals surface area contributed by atoms with Gasteiger partial charge in [0.2, 0.25) is 0 Å². The van der Waals surface area contributed by atoms with Gasteiger partial charge >= 0.3 is 16.2 Å². The van der Waals surface area contributed by atoms with Crippen LogP contribution in [-0.2, 0) is 14.4 Å². The van der Waals surface area contributed by atoms with Crippen LogP contribution in [-0.4, -0.2) is 14.5 Å². The van der Waals surface area contributed by atoms with E-state index in [4.69, 9.17) is 4.74 Å². The highest BCUT2D eigenvalue weighted by Gasteiger charge is 2.17. The molecule has 0 fully saturated rings. The van der Waals surface area contributed by atoms with E-state index in [1.807, 2.05) is 0 Å². The van der Waals surface area contributed by atoms with Crippen molar-refractivity contribution in [1.29, 1.82) is 0 Å². The Morgan fingerprint density at radius 2 is 1.45 bits per heavy atom. The lowest BCUT2D eigenvalue weighted by Crippen LogP contribution is -2.29. The molecule has 104 valence electrons. The summed E-state index contributed by atoms with van der Waals surface area (Å²) in [6.07, 6.45) is -1.03. The van der Waals surface area contributed by atoms with E-state index in [2.05, 4.69) is 4.28 Å². The quantitative estimate of drug-likeness (QED) is 0.873. The number of para-hydroxylation sites is 1. The first-order chi connectivity index (χ1) is 9.58. The van der Waals surface area contributed by atoms with E-state index in [1.54, 1.807) is 54.0 Å². The van der Waals surface area contributed by atoms with Crippen LogP contribution in [0.1, 0.15) is 0 Å². The Hall–Kier alpha value is -2.38. The Balaban J connectivity index is 1.94. The number of benzene rings is 2. The first-order valence-corrected chi connectivity index (χ1v) is 7.00. The highest BCUT2D eigenvalue weighted by atomic mass is 32.2. The van der Waals surface area contributed by atoms with E-state index in [-0.39, 0.29) is 10.6 Å². The minimum Gasteiger partial charge on any atom is -0.409 e. The molecule has 6 nitrogen and oxygen atoms in total. The summed E-state index contributed by atoms with van der Waals surface area (Å²) in [5.74, 6) is 0.269. The molecule has 0 aliphatic heterocycles. The molecule has 0 aromatic heterocycles. The molecule has 0 saturated heterocycles. The van der Waals surface area contributed by atoms with E-state index in [0.29, 0.717) is 0 Å². The highest BCUT2D eigenvalue weighted by Crippen LogP contribution is 2.11. The van der Waals surface area contributed by atoms with Crippen LogP contribution in [0.5, 0.6) is 5.75 Å². The maximum atomic E-state index is 11.7. The fraction of sp³-hybridized carbons (Fsp3) is 0. The topological polar surface area (TPSA) is 81.7 Å². The molecule has 2 aromatic rings. The fourth-order valence-electron chi connectivity index (χ4n) is 1.34. The number of nitrogens with one attached hydrogen (secondary N) is 1. The van der Waals surface area contributed by atoms with E-state index in [1.165, 1.54) is 12.1 Å². The number of hydroxylamine groups is 1. The van der Waals surface area contributed by atoms with Gasteiger partial charge in [-0.05, 0) is 24.3 Å². The second-order valence-corrected chi connectivity index (χ2v) is 5.20. The lowest BCUT2D eigenvalue weighted by molar-refractivity contribution is 0.145. The molecule has 0 unspecified atom stereocenters. The molecular formula is C13H11NO5S. The van der Waals surface area contributed by atoms with Crippen LogP contribution in [0, 0.1) is 0 Å². The number of amides is 1. The number of carbonyl (C=O) groups excluding carboxylic acids is 1. The predicted molar refractivity (Wildman–Crippen MR) is 70.3 cm³/mol. The van der Waals surface area contributed by atoms with E-state index >= 15 is 0 Å². The SMILES string of the molecule is O=C(NOS(=O)(=O)c1ccccc1)Oc1ccccc1. The lowest BCUT2D eigenvalue weighted by Gasteiger charge is -2.07. The molecule has 2 aromatic carbocycles. The summed E-state index contributed by atoms with van der Waals surface area (Å²) < 4.78 is 32.6. The zero-order valence-corrected chi connectivity index (χ0v) is 11.0. The largest absolute Gasteiger partial charge is 0.437 e. The minimum atomic E-state index is -4.06. The number of rotatable bonds is 4. The Kier molecular flexibility index (Phi) is 4.34. The molecule has 2 rings (SSSR count). The van der Waals surface area contributed by atoms with Crippen molar-refractivity contribution < 1.29 is 22.2 Å². The van der Waals surface area contributed by atoms with Gasteiger partial charge in [0, 0.05) is 0 Å². The molecule has 0 saturated carbocycles. The van der Waals surface area contributed by atoms with Crippen LogP contribution in [0.4, 0.5) is 4.79 Å². The number of hydrogen-bond donors (Lipinski definition) is 1. The van der Waals surface area contributed by atoms with Crippen LogP contribution in [0.25, 0.3) is 0 Å². The first-order valence-electron chi connectivity index (χ1n) is 5.59. The Bertz CT molecular complexity index is 670. The average molecular weight is 293 g/mol. The van der Waals surface area contributed by atoms with Gasteiger partial charge in [-0.25, -0.2) is 4.79 Å². The molecule has 0 aliphatic carbocycles. The molecule has 1 N–H and O–H groups in total. The average Bonchev–Trinajstić information content (AvgIpc) is 2.47. The van der Waals surface area contributed by atoms with Crippen molar-refractivity contribution in [1.82, 2.24) is 5.48 Å².